The van der Waals surface area contributed by atoms with Crippen LogP contribution < -0.4 is 4.74 Å². The third-order valence-corrected chi connectivity index (χ3v) is 5.05. The molecule has 1 aromatic rings. The van der Waals surface area contributed by atoms with Gasteiger partial charge in [0.1, 0.15) is 18.2 Å². The fourth-order valence-electron chi connectivity index (χ4n) is 3.77. The molecule has 0 bridgehead atoms. The zero-order chi connectivity index (χ0) is 18.5. The highest BCUT2D eigenvalue weighted by Crippen LogP contribution is 2.38. The van der Waals surface area contributed by atoms with Gasteiger partial charge in [-0.25, -0.2) is 4.39 Å². The van der Waals surface area contributed by atoms with Crippen LogP contribution in [-0.4, -0.2) is 53.6 Å². The van der Waals surface area contributed by atoms with Gasteiger partial charge in [-0.05, 0) is 71.2 Å². The Kier molecular flexibility index (Phi) is 6.83. The Balaban J connectivity index is 1.69. The van der Waals surface area contributed by atoms with Crippen molar-refractivity contribution in [1.29, 1.82) is 0 Å². The highest BCUT2D eigenvalue weighted by molar-refractivity contribution is 5.21. The van der Waals surface area contributed by atoms with Gasteiger partial charge in [0, 0.05) is 17.6 Å². The highest BCUT2D eigenvalue weighted by Gasteiger charge is 2.41. The molecule has 4 nitrogen and oxygen atoms in total. The molecule has 1 N–H and O–H groups in total. The summed E-state index contributed by atoms with van der Waals surface area (Å²) in [4.78, 5) is 2.41. The van der Waals surface area contributed by atoms with Gasteiger partial charge >= 0.3 is 0 Å². The van der Waals surface area contributed by atoms with E-state index in [1.807, 2.05) is 0 Å². The van der Waals surface area contributed by atoms with Crippen molar-refractivity contribution in [3.63, 3.8) is 0 Å². The smallest absolute Gasteiger partial charge is 0.123 e. The Bertz CT molecular complexity index is 514. The van der Waals surface area contributed by atoms with Gasteiger partial charge in [0.05, 0.1) is 19.3 Å². The van der Waals surface area contributed by atoms with E-state index in [2.05, 4.69) is 32.6 Å². The second kappa shape index (κ2) is 8.47. The first-order valence-corrected chi connectivity index (χ1v) is 9.13. The summed E-state index contributed by atoms with van der Waals surface area (Å²) < 4.78 is 23.8. The van der Waals surface area contributed by atoms with E-state index >= 15 is 0 Å². The van der Waals surface area contributed by atoms with Gasteiger partial charge in [-0.1, -0.05) is 0 Å². The average Bonchev–Trinajstić information content (AvgIpc) is 2.52. The third-order valence-electron chi connectivity index (χ3n) is 5.05. The van der Waals surface area contributed by atoms with Crippen molar-refractivity contribution in [1.82, 2.24) is 4.90 Å². The minimum absolute atomic E-state index is 0.0917. The lowest BCUT2D eigenvalue weighted by Crippen LogP contribution is -2.60. The summed E-state index contributed by atoms with van der Waals surface area (Å²) in [6.07, 6.45) is 3.00. The van der Waals surface area contributed by atoms with Gasteiger partial charge in [0.2, 0.25) is 0 Å². The lowest BCUT2D eigenvalue weighted by molar-refractivity contribution is -0.0710. The maximum Gasteiger partial charge on any atom is 0.123 e. The minimum atomic E-state index is -0.525. The average molecular weight is 353 g/mol. The number of halogens is 1. The third kappa shape index (κ3) is 5.94. The van der Waals surface area contributed by atoms with Crippen LogP contribution in [-0.2, 0) is 4.74 Å². The topological polar surface area (TPSA) is 41.9 Å². The predicted molar refractivity (Wildman–Crippen MR) is 97.4 cm³/mol. The molecule has 1 saturated heterocycles. The van der Waals surface area contributed by atoms with Crippen molar-refractivity contribution in [3.8, 4) is 5.75 Å². The van der Waals surface area contributed by atoms with E-state index in [4.69, 9.17) is 9.47 Å². The molecule has 1 fully saturated rings. The predicted octanol–water partition coefficient (Wildman–Crippen LogP) is 3.63. The van der Waals surface area contributed by atoms with Crippen molar-refractivity contribution in [2.24, 2.45) is 0 Å². The summed E-state index contributed by atoms with van der Waals surface area (Å²) in [5.41, 5.74) is 0.183. The molecule has 1 aliphatic rings. The molecule has 1 heterocycles. The maximum absolute atomic E-state index is 12.8. The van der Waals surface area contributed by atoms with Gasteiger partial charge in [-0.15, -0.1) is 0 Å². The van der Waals surface area contributed by atoms with Crippen LogP contribution in [0.1, 0.15) is 47.0 Å². The number of hydrogen-bond donors (Lipinski definition) is 1. The van der Waals surface area contributed by atoms with Crippen LogP contribution >= 0.6 is 0 Å². The number of β-amino-alcohol motifs (C(OH)–C–C–N with tert-alkyl or cyclic N) is 1. The Morgan fingerprint density at radius 3 is 2.28 bits per heavy atom. The second-order valence-electron chi connectivity index (χ2n) is 8.12. The molecule has 0 aliphatic carbocycles. The van der Waals surface area contributed by atoms with Crippen molar-refractivity contribution in [2.45, 2.75) is 64.1 Å². The zero-order valence-electron chi connectivity index (χ0n) is 15.9. The molecule has 1 aliphatic heterocycles. The quantitative estimate of drug-likeness (QED) is 0.725. The number of ether oxygens (including phenoxy) is 2. The molecule has 5 heteroatoms. The number of nitrogens with zero attached hydrogens (tertiary/aromatic N) is 1. The zero-order valence-corrected chi connectivity index (χ0v) is 15.9. The second-order valence-corrected chi connectivity index (χ2v) is 8.12. The largest absolute Gasteiger partial charge is 0.491 e. The van der Waals surface area contributed by atoms with Crippen molar-refractivity contribution < 1.29 is 19.0 Å². The fourth-order valence-corrected chi connectivity index (χ4v) is 3.77. The Morgan fingerprint density at radius 2 is 1.68 bits per heavy atom. The number of benzene rings is 1. The van der Waals surface area contributed by atoms with E-state index in [1.54, 1.807) is 12.1 Å². The summed E-state index contributed by atoms with van der Waals surface area (Å²) in [7, 11) is 0. The summed E-state index contributed by atoms with van der Waals surface area (Å²) in [6, 6.07) is 5.90. The lowest BCUT2D eigenvalue weighted by atomic mass is 9.79. The lowest BCUT2D eigenvalue weighted by Gasteiger charge is -2.53. The summed E-state index contributed by atoms with van der Waals surface area (Å²) in [5, 5.41) is 10.4. The van der Waals surface area contributed by atoms with Gasteiger partial charge in [0.15, 0.2) is 0 Å². The van der Waals surface area contributed by atoms with E-state index in [0.29, 0.717) is 25.5 Å². The van der Waals surface area contributed by atoms with Crippen LogP contribution in [0.2, 0.25) is 0 Å². The SMILES string of the molecule is CC1(C)CCCC(C)(C)N1C[C@@H](O)COCCOc1ccc(F)cc1. The molecule has 0 radical (unpaired) electrons. The van der Waals surface area contributed by atoms with Crippen LogP contribution in [0.25, 0.3) is 0 Å². The van der Waals surface area contributed by atoms with Gasteiger partial charge in [-0.3, -0.25) is 4.90 Å². The first-order chi connectivity index (χ1) is 11.7. The standard InChI is InChI=1S/C20H32FNO3/c1-19(2)10-5-11-20(3,4)22(19)14-17(23)15-24-12-13-25-18-8-6-16(21)7-9-18/h6-9,17,23H,5,10-15H2,1-4H3/t17-/m1/s1. The normalized spacial score (nSPS) is 21.0. The molecule has 0 amide bonds. The van der Waals surface area contributed by atoms with E-state index < -0.39 is 6.10 Å². The molecule has 1 atom stereocenters. The molecule has 0 unspecified atom stereocenters. The number of aliphatic hydroxyl groups is 1. The van der Waals surface area contributed by atoms with Crippen molar-refractivity contribution >= 4 is 0 Å². The van der Waals surface area contributed by atoms with Gasteiger partial charge in [0.25, 0.3) is 0 Å². The van der Waals surface area contributed by atoms with Crippen LogP contribution in [0.5, 0.6) is 5.75 Å². The number of likely N-dealkylation sites (tertiary alicyclic amines) is 1. The molecular formula is C20H32FNO3. The monoisotopic (exact) mass is 353 g/mol. The van der Waals surface area contributed by atoms with Crippen molar-refractivity contribution in [2.75, 3.05) is 26.4 Å². The number of hydrogen-bond acceptors (Lipinski definition) is 4. The maximum atomic E-state index is 12.8. The fraction of sp³-hybridized carbons (Fsp3) is 0.700. The molecule has 1 aromatic carbocycles. The van der Waals surface area contributed by atoms with E-state index in [9.17, 15) is 9.50 Å². The molecule has 2 rings (SSSR count). The molecule has 0 aromatic heterocycles. The van der Waals surface area contributed by atoms with Crippen LogP contribution in [0.3, 0.4) is 0 Å². The Morgan fingerprint density at radius 1 is 1.08 bits per heavy atom. The summed E-state index contributed by atoms with van der Waals surface area (Å²) in [6.45, 7) is 10.7. The molecule has 0 saturated carbocycles. The molecule has 0 spiro atoms. The number of aliphatic hydroxyl groups excluding tert-OH is 1. The number of piperidine rings is 1. The van der Waals surface area contributed by atoms with E-state index in [0.717, 1.165) is 12.8 Å². The Hall–Kier alpha value is -1.17. The van der Waals surface area contributed by atoms with Crippen molar-refractivity contribution in [3.05, 3.63) is 30.1 Å². The van der Waals surface area contributed by atoms with Crippen LogP contribution in [0.15, 0.2) is 24.3 Å². The molecular weight excluding hydrogens is 321 g/mol. The van der Waals surface area contributed by atoms with Crippen LogP contribution in [0, 0.1) is 5.82 Å². The Labute approximate surface area is 150 Å². The number of rotatable bonds is 8. The minimum Gasteiger partial charge on any atom is -0.491 e. The van der Waals surface area contributed by atoms with Crippen LogP contribution in [0.4, 0.5) is 4.39 Å². The summed E-state index contributed by atoms with van der Waals surface area (Å²) >= 11 is 0. The molecule has 25 heavy (non-hydrogen) atoms. The van der Waals surface area contributed by atoms with Gasteiger partial charge in [-0.2, -0.15) is 0 Å². The molecule has 142 valence electrons. The first kappa shape index (κ1) is 20.1. The summed E-state index contributed by atoms with van der Waals surface area (Å²) in [5.74, 6) is 0.331. The first-order valence-electron chi connectivity index (χ1n) is 9.13. The van der Waals surface area contributed by atoms with Gasteiger partial charge < -0.3 is 14.6 Å². The van der Waals surface area contributed by atoms with E-state index in [-0.39, 0.29) is 23.5 Å². The van der Waals surface area contributed by atoms with E-state index in [1.165, 1.54) is 18.6 Å². The highest BCUT2D eigenvalue weighted by atomic mass is 19.1.